The standard InChI is InChI=1S/C16H23FN2O3S2/c1-12(2)9-18-16(20)15-11-23-7-8-24(21,22)19(15)10-13-3-5-14(17)6-4-13/h3-6,12,15H,7-11H2,1-2H3,(H,18,20). The summed E-state index contributed by atoms with van der Waals surface area (Å²) in [5.41, 5.74) is 0.661. The number of thioether (sulfide) groups is 1. The zero-order valence-corrected chi connectivity index (χ0v) is 15.5. The van der Waals surface area contributed by atoms with Gasteiger partial charge in [-0.3, -0.25) is 4.79 Å². The number of carbonyl (C=O) groups excluding carboxylic acids is 1. The maximum atomic E-state index is 13.1. The molecule has 1 atom stereocenters. The highest BCUT2D eigenvalue weighted by Crippen LogP contribution is 2.22. The van der Waals surface area contributed by atoms with Crippen molar-refractivity contribution in [2.24, 2.45) is 5.92 Å². The van der Waals surface area contributed by atoms with Gasteiger partial charge in [-0.25, -0.2) is 12.8 Å². The third kappa shape index (κ3) is 5.19. The number of nitrogens with zero attached hydrogens (tertiary/aromatic N) is 1. The van der Waals surface area contributed by atoms with Crippen LogP contribution in [0.1, 0.15) is 19.4 Å². The van der Waals surface area contributed by atoms with Crippen LogP contribution >= 0.6 is 11.8 Å². The van der Waals surface area contributed by atoms with E-state index in [9.17, 15) is 17.6 Å². The van der Waals surface area contributed by atoms with Gasteiger partial charge in [-0.2, -0.15) is 16.1 Å². The predicted molar refractivity (Wildman–Crippen MR) is 94.7 cm³/mol. The number of rotatable bonds is 5. The van der Waals surface area contributed by atoms with Gasteiger partial charge in [0.25, 0.3) is 0 Å². The molecule has 0 saturated carbocycles. The molecule has 1 aromatic carbocycles. The summed E-state index contributed by atoms with van der Waals surface area (Å²) in [6, 6.07) is 4.94. The van der Waals surface area contributed by atoms with Crippen LogP contribution in [-0.2, 0) is 21.4 Å². The lowest BCUT2D eigenvalue weighted by Gasteiger charge is -2.28. The highest BCUT2D eigenvalue weighted by atomic mass is 32.2. The van der Waals surface area contributed by atoms with Gasteiger partial charge in [0.15, 0.2) is 0 Å². The summed E-state index contributed by atoms with van der Waals surface area (Å²) in [6.45, 7) is 4.54. The lowest BCUT2D eigenvalue weighted by atomic mass is 10.2. The molecule has 1 aromatic rings. The van der Waals surface area contributed by atoms with Crippen molar-refractivity contribution in [3.05, 3.63) is 35.6 Å². The number of nitrogens with one attached hydrogen (secondary N) is 1. The first-order valence-corrected chi connectivity index (χ1v) is 10.7. The van der Waals surface area contributed by atoms with Gasteiger partial charge in [0.05, 0.1) is 5.75 Å². The van der Waals surface area contributed by atoms with Gasteiger partial charge in [-0.05, 0) is 23.6 Å². The molecule has 1 heterocycles. The summed E-state index contributed by atoms with van der Waals surface area (Å²) in [5, 5.41) is 2.82. The van der Waals surface area contributed by atoms with Crippen molar-refractivity contribution in [3.8, 4) is 0 Å². The van der Waals surface area contributed by atoms with Gasteiger partial charge in [-0.15, -0.1) is 0 Å². The smallest absolute Gasteiger partial charge is 0.239 e. The third-order valence-electron chi connectivity index (χ3n) is 3.71. The van der Waals surface area contributed by atoms with Gasteiger partial charge < -0.3 is 5.32 Å². The van der Waals surface area contributed by atoms with E-state index in [4.69, 9.17) is 0 Å². The second-order valence-electron chi connectivity index (χ2n) is 6.22. The van der Waals surface area contributed by atoms with E-state index in [1.807, 2.05) is 13.8 Å². The third-order valence-corrected chi connectivity index (χ3v) is 6.83. The molecule has 8 heteroatoms. The zero-order chi connectivity index (χ0) is 17.7. The maximum absolute atomic E-state index is 13.1. The van der Waals surface area contributed by atoms with E-state index in [1.54, 1.807) is 12.1 Å². The van der Waals surface area contributed by atoms with E-state index < -0.39 is 16.1 Å². The lowest BCUT2D eigenvalue weighted by molar-refractivity contribution is -0.124. The summed E-state index contributed by atoms with van der Waals surface area (Å²) in [4.78, 5) is 12.5. The molecule has 0 aliphatic carbocycles. The highest BCUT2D eigenvalue weighted by molar-refractivity contribution is 8.00. The first-order chi connectivity index (χ1) is 11.3. The first kappa shape index (κ1) is 19.2. The topological polar surface area (TPSA) is 66.5 Å². The molecule has 1 aliphatic rings. The Kier molecular flexibility index (Phi) is 6.65. The second kappa shape index (κ2) is 8.31. The fraction of sp³-hybridized carbons (Fsp3) is 0.562. The average Bonchev–Trinajstić information content (AvgIpc) is 2.66. The molecular weight excluding hydrogens is 351 g/mol. The van der Waals surface area contributed by atoms with Crippen molar-refractivity contribution in [2.75, 3.05) is 23.8 Å². The average molecular weight is 375 g/mol. The Morgan fingerprint density at radius 3 is 2.67 bits per heavy atom. The molecule has 1 amide bonds. The number of benzene rings is 1. The highest BCUT2D eigenvalue weighted by Gasteiger charge is 2.36. The van der Waals surface area contributed by atoms with Crippen LogP contribution in [0.4, 0.5) is 4.39 Å². The first-order valence-electron chi connectivity index (χ1n) is 7.89. The summed E-state index contributed by atoms with van der Waals surface area (Å²) in [5.74, 6) is 0.533. The number of sulfonamides is 1. The van der Waals surface area contributed by atoms with Crippen LogP contribution in [0.3, 0.4) is 0 Å². The van der Waals surface area contributed by atoms with Crippen molar-refractivity contribution in [1.82, 2.24) is 9.62 Å². The van der Waals surface area contributed by atoms with E-state index >= 15 is 0 Å². The van der Waals surface area contributed by atoms with Gasteiger partial charge in [0.1, 0.15) is 11.9 Å². The van der Waals surface area contributed by atoms with Crippen LogP contribution in [0, 0.1) is 11.7 Å². The molecule has 0 bridgehead atoms. The van der Waals surface area contributed by atoms with E-state index in [2.05, 4.69) is 5.32 Å². The van der Waals surface area contributed by atoms with Crippen molar-refractivity contribution in [1.29, 1.82) is 0 Å². The molecule has 5 nitrogen and oxygen atoms in total. The van der Waals surface area contributed by atoms with Gasteiger partial charge in [-0.1, -0.05) is 26.0 Å². The van der Waals surface area contributed by atoms with Gasteiger partial charge in [0, 0.05) is 24.6 Å². The SMILES string of the molecule is CC(C)CNC(=O)C1CSCCS(=O)(=O)N1Cc1ccc(F)cc1. The number of hydrogen-bond donors (Lipinski definition) is 1. The quantitative estimate of drug-likeness (QED) is 0.854. The molecule has 1 fully saturated rings. The minimum atomic E-state index is -3.54. The minimum absolute atomic E-state index is 0.00677. The molecule has 1 saturated heterocycles. The van der Waals surface area contributed by atoms with Crippen LogP contribution in [0.5, 0.6) is 0 Å². The Balaban J connectivity index is 2.23. The number of halogens is 1. The van der Waals surface area contributed by atoms with Crippen LogP contribution in [0.25, 0.3) is 0 Å². The molecule has 0 spiro atoms. The van der Waals surface area contributed by atoms with Crippen molar-refractivity contribution < 1.29 is 17.6 Å². The fourth-order valence-corrected chi connectivity index (χ4v) is 5.63. The molecule has 0 aromatic heterocycles. The Labute approximate surface area is 147 Å². The molecule has 134 valence electrons. The molecule has 1 aliphatic heterocycles. The van der Waals surface area contributed by atoms with Crippen molar-refractivity contribution in [2.45, 2.75) is 26.4 Å². The normalized spacial score (nSPS) is 21.4. The maximum Gasteiger partial charge on any atom is 0.239 e. The van der Waals surface area contributed by atoms with Gasteiger partial charge in [0.2, 0.25) is 15.9 Å². The largest absolute Gasteiger partial charge is 0.354 e. The number of carbonyl (C=O) groups is 1. The summed E-state index contributed by atoms with van der Waals surface area (Å²) < 4.78 is 39.5. The van der Waals surface area contributed by atoms with E-state index in [0.717, 1.165) is 0 Å². The summed E-state index contributed by atoms with van der Waals surface area (Å²) in [6.07, 6.45) is 0. The second-order valence-corrected chi connectivity index (χ2v) is 9.41. The summed E-state index contributed by atoms with van der Waals surface area (Å²) in [7, 11) is -3.54. The molecule has 1 N–H and O–H groups in total. The number of amides is 1. The van der Waals surface area contributed by atoms with Crippen molar-refractivity contribution >= 4 is 27.7 Å². The monoisotopic (exact) mass is 374 g/mol. The Morgan fingerprint density at radius 1 is 1.38 bits per heavy atom. The molecule has 1 unspecified atom stereocenters. The van der Waals surface area contributed by atoms with E-state index in [-0.39, 0.29) is 29.9 Å². The Hall–Kier alpha value is -1.12. The molecule has 0 radical (unpaired) electrons. The molecular formula is C16H23FN2O3S2. The Morgan fingerprint density at radius 2 is 2.04 bits per heavy atom. The molecule has 2 rings (SSSR count). The number of hydrogen-bond acceptors (Lipinski definition) is 4. The van der Waals surface area contributed by atoms with Gasteiger partial charge >= 0.3 is 0 Å². The van der Waals surface area contributed by atoms with Crippen molar-refractivity contribution in [3.63, 3.8) is 0 Å². The minimum Gasteiger partial charge on any atom is -0.354 e. The fourth-order valence-electron chi connectivity index (χ4n) is 2.36. The lowest BCUT2D eigenvalue weighted by Crippen LogP contribution is -2.50. The summed E-state index contributed by atoms with van der Waals surface area (Å²) >= 11 is 1.46. The van der Waals surface area contributed by atoms with E-state index in [1.165, 1.54) is 28.2 Å². The van der Waals surface area contributed by atoms with Crippen LogP contribution in [0.15, 0.2) is 24.3 Å². The van der Waals surface area contributed by atoms with Crippen LogP contribution in [-0.4, -0.2) is 48.5 Å². The molecule has 24 heavy (non-hydrogen) atoms. The van der Waals surface area contributed by atoms with E-state index in [0.29, 0.717) is 23.6 Å². The Bertz CT molecular complexity index is 662. The predicted octanol–water partition coefficient (Wildman–Crippen LogP) is 1.85. The van der Waals surface area contributed by atoms with Crippen LogP contribution in [0.2, 0.25) is 0 Å². The zero-order valence-electron chi connectivity index (χ0n) is 13.9. The van der Waals surface area contributed by atoms with Crippen LogP contribution < -0.4 is 5.32 Å².